The highest BCUT2D eigenvalue weighted by Crippen LogP contribution is 2.55. The molecular weight excluding hydrogens is 731 g/mol. The van der Waals surface area contributed by atoms with Crippen LogP contribution in [0.2, 0.25) is 0 Å². The molecule has 306 valence electrons. The van der Waals surface area contributed by atoms with E-state index < -0.39 is 28.9 Å². The molecule has 14 heteroatoms. The van der Waals surface area contributed by atoms with Crippen molar-refractivity contribution < 1.29 is 33.5 Å². The summed E-state index contributed by atoms with van der Waals surface area (Å²) in [5, 5.41) is 13.7. The summed E-state index contributed by atoms with van der Waals surface area (Å²) >= 11 is 1.63. The van der Waals surface area contributed by atoms with E-state index in [1.54, 1.807) is 17.7 Å². The molecule has 3 amide bonds. The van der Waals surface area contributed by atoms with Gasteiger partial charge in [-0.1, -0.05) is 50.7 Å². The number of aromatic nitrogens is 3. The number of rotatable bonds is 13. The Hall–Kier alpha value is -3.20. The number of anilines is 1. The lowest BCUT2D eigenvalue weighted by molar-refractivity contribution is -0.693. The minimum atomic E-state index is -0.896. The maximum atomic E-state index is 14.9. The van der Waals surface area contributed by atoms with Crippen LogP contribution in [0.25, 0.3) is 10.3 Å². The van der Waals surface area contributed by atoms with Crippen LogP contribution < -0.4 is 14.8 Å². The van der Waals surface area contributed by atoms with Crippen LogP contribution >= 0.6 is 11.3 Å². The zero-order chi connectivity index (χ0) is 39.5. The number of amides is 3. The van der Waals surface area contributed by atoms with E-state index in [1.807, 2.05) is 16.7 Å². The molecule has 56 heavy (non-hydrogen) atoms. The topological polar surface area (TPSA) is 141 Å². The smallest absolute Gasteiger partial charge is 0.347 e. The minimum Gasteiger partial charge on any atom is -0.396 e. The van der Waals surface area contributed by atoms with Crippen molar-refractivity contribution in [3.8, 4) is 0 Å². The summed E-state index contributed by atoms with van der Waals surface area (Å²) in [4.78, 5) is 58.5. The number of ether oxygens (including phenoxy) is 2. The van der Waals surface area contributed by atoms with Gasteiger partial charge in [0.1, 0.15) is 11.6 Å². The third-order valence-electron chi connectivity index (χ3n) is 14.4. The SMILES string of the molecule is CCCC(C)[n+]1csc2c(N3C[C@@H](C(=O)N[C@H](C(=O)N4CC5(CCOCC5)C4)[C@@H](C)OCC4(CO)CC=CCC4)C4(CN(C(=O)[C@H]5CC5(C)C)C4)C3)ncnc21. The van der Waals surface area contributed by atoms with Gasteiger partial charge in [-0.05, 0) is 69.2 Å². The Morgan fingerprint density at radius 2 is 1.80 bits per heavy atom. The lowest BCUT2D eigenvalue weighted by Gasteiger charge is -2.53. The second-order valence-electron chi connectivity index (χ2n) is 19.0. The molecule has 2 unspecified atom stereocenters. The van der Waals surface area contributed by atoms with Crippen LogP contribution in [0.1, 0.15) is 92.0 Å². The highest BCUT2D eigenvalue weighted by atomic mass is 32.1. The Morgan fingerprint density at radius 1 is 1.05 bits per heavy atom. The number of hydrogen-bond acceptors (Lipinski definition) is 10. The van der Waals surface area contributed by atoms with Gasteiger partial charge < -0.3 is 34.6 Å². The molecule has 6 atom stereocenters. The molecular formula is C42H62N7O6S+. The molecule has 13 nitrogen and oxygen atoms in total. The fraction of sp³-hybridized carbons (Fsp3) is 0.762. The first-order chi connectivity index (χ1) is 26.8. The third kappa shape index (κ3) is 7.25. The molecule has 0 radical (unpaired) electrons. The Balaban J connectivity index is 1.05. The molecule has 4 aliphatic heterocycles. The van der Waals surface area contributed by atoms with Crippen molar-refractivity contribution >= 4 is 45.2 Å². The molecule has 2 aliphatic carbocycles. The van der Waals surface area contributed by atoms with Gasteiger partial charge in [-0.2, -0.15) is 4.98 Å². The van der Waals surface area contributed by atoms with Crippen LogP contribution in [0.4, 0.5) is 5.82 Å². The fourth-order valence-corrected chi connectivity index (χ4v) is 11.3. The number of carbonyl (C=O) groups excluding carboxylic acids is 3. The van der Waals surface area contributed by atoms with Crippen molar-refractivity contribution in [2.24, 2.45) is 33.5 Å². The van der Waals surface area contributed by atoms with Gasteiger partial charge in [0.2, 0.25) is 24.0 Å². The molecule has 5 fully saturated rings. The molecule has 0 aromatic carbocycles. The van der Waals surface area contributed by atoms with Crippen molar-refractivity contribution in [2.45, 2.75) is 104 Å². The second kappa shape index (κ2) is 15.2. The van der Waals surface area contributed by atoms with Crippen molar-refractivity contribution in [3.05, 3.63) is 24.0 Å². The van der Waals surface area contributed by atoms with Gasteiger partial charge >= 0.3 is 5.65 Å². The van der Waals surface area contributed by atoms with Gasteiger partial charge in [-0.15, -0.1) is 0 Å². The number of allylic oxidation sites excluding steroid dienone is 2. The second-order valence-corrected chi connectivity index (χ2v) is 19.9. The molecule has 0 bridgehead atoms. The number of aliphatic hydroxyl groups is 1. The van der Waals surface area contributed by atoms with Crippen molar-refractivity contribution in [1.29, 1.82) is 0 Å². The number of fused-ring (bicyclic) bond motifs is 1. The number of nitrogens with zero attached hydrogens (tertiary/aromatic N) is 6. The average molecular weight is 793 g/mol. The van der Waals surface area contributed by atoms with E-state index >= 15 is 0 Å². The first-order valence-electron chi connectivity index (χ1n) is 21.0. The number of carbonyl (C=O) groups is 3. The molecule has 2 aromatic rings. The highest BCUT2D eigenvalue weighted by Gasteiger charge is 2.62. The van der Waals surface area contributed by atoms with Crippen LogP contribution in [-0.2, 0) is 23.9 Å². The fourth-order valence-electron chi connectivity index (χ4n) is 10.2. The minimum absolute atomic E-state index is 0.00248. The van der Waals surface area contributed by atoms with Crippen molar-refractivity contribution in [2.75, 3.05) is 70.6 Å². The molecule has 8 rings (SSSR count). The zero-order valence-corrected chi connectivity index (χ0v) is 34.8. The average Bonchev–Trinajstić information content (AvgIpc) is 3.47. The molecule has 2 aromatic heterocycles. The monoisotopic (exact) mass is 792 g/mol. The normalized spacial score (nSPS) is 28.9. The number of nitrogens with one attached hydrogen (secondary N) is 1. The van der Waals surface area contributed by atoms with Gasteiger partial charge in [0.05, 0.1) is 31.3 Å². The van der Waals surface area contributed by atoms with E-state index in [9.17, 15) is 19.5 Å². The Kier molecular flexibility index (Phi) is 10.7. The molecule has 2 spiro atoms. The van der Waals surface area contributed by atoms with E-state index in [1.165, 1.54) is 0 Å². The summed E-state index contributed by atoms with van der Waals surface area (Å²) in [5.41, 5.74) is 2.21. The summed E-state index contributed by atoms with van der Waals surface area (Å²) in [5.74, 6) is 0.210. The van der Waals surface area contributed by atoms with Gasteiger partial charge in [0, 0.05) is 74.6 Å². The first-order valence-corrected chi connectivity index (χ1v) is 21.9. The van der Waals surface area contributed by atoms with Crippen LogP contribution in [-0.4, -0.2) is 120 Å². The van der Waals surface area contributed by atoms with Gasteiger partial charge in [0.15, 0.2) is 10.5 Å². The number of aliphatic hydroxyl groups excluding tert-OH is 1. The summed E-state index contributed by atoms with van der Waals surface area (Å²) < 4.78 is 15.3. The molecule has 2 N–H and O–H groups in total. The van der Waals surface area contributed by atoms with Gasteiger partial charge in [0.25, 0.3) is 0 Å². The molecule has 6 aliphatic rings. The van der Waals surface area contributed by atoms with Crippen molar-refractivity contribution in [3.63, 3.8) is 0 Å². The Bertz CT molecular complexity index is 1830. The molecule has 4 saturated heterocycles. The van der Waals surface area contributed by atoms with E-state index in [0.29, 0.717) is 71.6 Å². The van der Waals surface area contributed by atoms with Crippen LogP contribution in [0, 0.1) is 33.5 Å². The van der Waals surface area contributed by atoms with Gasteiger partial charge in [-0.3, -0.25) is 14.4 Å². The predicted molar refractivity (Wildman–Crippen MR) is 213 cm³/mol. The predicted octanol–water partition coefficient (Wildman–Crippen LogP) is 3.90. The summed E-state index contributed by atoms with van der Waals surface area (Å²) in [7, 11) is 0. The van der Waals surface area contributed by atoms with E-state index in [-0.39, 0.29) is 41.1 Å². The summed E-state index contributed by atoms with van der Waals surface area (Å²) in [6.07, 6.45) is 12.5. The number of hydrogen-bond donors (Lipinski definition) is 2. The molecule has 6 heterocycles. The van der Waals surface area contributed by atoms with Gasteiger partial charge in [-0.25, -0.2) is 4.57 Å². The van der Waals surface area contributed by atoms with Crippen molar-refractivity contribution in [1.82, 2.24) is 25.1 Å². The summed E-state index contributed by atoms with van der Waals surface area (Å²) in [6, 6.07) is -0.598. The van der Waals surface area contributed by atoms with E-state index in [4.69, 9.17) is 19.4 Å². The maximum absolute atomic E-state index is 14.9. The quantitative estimate of drug-likeness (QED) is 0.228. The van der Waals surface area contributed by atoms with Crippen LogP contribution in [0.5, 0.6) is 0 Å². The largest absolute Gasteiger partial charge is 0.396 e. The zero-order valence-electron chi connectivity index (χ0n) is 34.0. The van der Waals surface area contributed by atoms with E-state index in [2.05, 4.69) is 60.1 Å². The lowest BCUT2D eigenvalue weighted by atomic mass is 9.70. The number of thiazole rings is 1. The highest BCUT2D eigenvalue weighted by molar-refractivity contribution is 7.16. The standard InChI is InChI=1S/C42H61N7O6S/c1-6-10-28(2)49-27-56-33-34(43-26-44-35(33)49)46-18-31(42(21-46)22-48(23-42)37(52)30-17-39(30,4)5)36(51)45-32(29(3)55-25-41(24-50)11-8-7-9-12-41)38(53)47-19-40(20-47)13-15-54-16-14-40/h7-8,26-32,50H,6,9-25H2,1-5H3/p+1/t28?,29-,30-,31+,32+,41?/m1/s1. The lowest BCUT2D eigenvalue weighted by Crippen LogP contribution is -2.67. The molecule has 1 saturated carbocycles. The maximum Gasteiger partial charge on any atom is 0.347 e. The van der Waals surface area contributed by atoms with Crippen LogP contribution in [0.3, 0.4) is 0 Å². The summed E-state index contributed by atoms with van der Waals surface area (Å²) in [6.45, 7) is 15.5. The Morgan fingerprint density at radius 3 is 2.46 bits per heavy atom. The van der Waals surface area contributed by atoms with E-state index in [0.717, 1.165) is 61.1 Å². The Labute approximate surface area is 335 Å². The van der Waals surface area contributed by atoms with Crippen LogP contribution in [0.15, 0.2) is 24.0 Å². The first kappa shape index (κ1) is 39.6. The third-order valence-corrected chi connectivity index (χ3v) is 15.3. The number of likely N-dealkylation sites (tertiary alicyclic amines) is 2.